The highest BCUT2D eigenvalue weighted by molar-refractivity contribution is 8.15. The lowest BCUT2D eigenvalue weighted by Crippen LogP contribution is -2.33. The fourth-order valence-electron chi connectivity index (χ4n) is 3.56. The van der Waals surface area contributed by atoms with Crippen molar-refractivity contribution in [3.8, 4) is 0 Å². The van der Waals surface area contributed by atoms with E-state index in [0.717, 1.165) is 43.9 Å². The van der Waals surface area contributed by atoms with E-state index in [4.69, 9.17) is 0 Å². The Hall–Kier alpha value is -2.35. The molecule has 1 atom stereocenters. The molecule has 1 fully saturated rings. The fraction of sp³-hybridized carbons (Fsp3) is 0.545. The van der Waals surface area contributed by atoms with Gasteiger partial charge >= 0.3 is 0 Å². The molecule has 0 aromatic heterocycles. The highest BCUT2D eigenvalue weighted by Gasteiger charge is 2.33. The molecule has 8 heteroatoms. The Kier molecular flexibility index (Phi) is 7.90. The fourth-order valence-corrected chi connectivity index (χ4v) is 4.67. The number of piperidine rings is 1. The van der Waals surface area contributed by atoms with E-state index >= 15 is 0 Å². The van der Waals surface area contributed by atoms with Crippen LogP contribution >= 0.6 is 11.8 Å². The monoisotopic (exact) mass is 430 g/mol. The van der Waals surface area contributed by atoms with Gasteiger partial charge in [0, 0.05) is 44.4 Å². The van der Waals surface area contributed by atoms with E-state index in [1.54, 1.807) is 36.2 Å². The molecule has 162 valence electrons. The molecule has 2 heterocycles. The largest absolute Gasteiger partial charge is 0.351 e. The summed E-state index contributed by atoms with van der Waals surface area (Å²) in [7, 11) is 1.78. The number of benzene rings is 1. The highest BCUT2D eigenvalue weighted by Crippen LogP contribution is 2.29. The molecular weight excluding hydrogens is 400 g/mol. The van der Waals surface area contributed by atoms with Crippen molar-refractivity contribution in [3.05, 3.63) is 29.8 Å². The Balaban J connectivity index is 1.54. The number of nitrogens with zero attached hydrogens (tertiary/aromatic N) is 3. The number of hydrogen-bond acceptors (Lipinski definition) is 5. The first-order chi connectivity index (χ1) is 14.5. The van der Waals surface area contributed by atoms with E-state index < -0.39 is 5.25 Å². The van der Waals surface area contributed by atoms with Crippen molar-refractivity contribution in [2.45, 2.75) is 50.7 Å². The maximum atomic E-state index is 12.5. The van der Waals surface area contributed by atoms with Gasteiger partial charge in [0.05, 0.1) is 0 Å². The van der Waals surface area contributed by atoms with E-state index in [1.165, 1.54) is 18.2 Å². The molecule has 0 aliphatic carbocycles. The predicted octanol–water partition coefficient (Wildman–Crippen LogP) is 3.37. The van der Waals surface area contributed by atoms with Crippen LogP contribution in [0.4, 0.5) is 5.69 Å². The number of unbranched alkanes of at least 4 members (excludes halogenated alkanes) is 1. The molecule has 2 aliphatic heterocycles. The molecule has 0 saturated carbocycles. The first kappa shape index (κ1) is 22.3. The third-order valence-corrected chi connectivity index (χ3v) is 6.53. The van der Waals surface area contributed by atoms with Crippen LogP contribution in [0.2, 0.25) is 0 Å². The summed E-state index contributed by atoms with van der Waals surface area (Å²) in [5, 5.41) is 3.09. The Morgan fingerprint density at radius 2 is 2.03 bits per heavy atom. The molecule has 1 saturated heterocycles. The summed E-state index contributed by atoms with van der Waals surface area (Å²) in [5.41, 5.74) is 1.09. The SMILES string of the molecule is CCCCN(C)C(=O)c1cccc(NC(=O)C[C@@H]2SC(N3CCCCC3)=NC2=O)c1. The minimum Gasteiger partial charge on any atom is -0.351 e. The second-order valence-corrected chi connectivity index (χ2v) is 8.97. The smallest absolute Gasteiger partial charge is 0.262 e. The third kappa shape index (κ3) is 5.84. The maximum absolute atomic E-state index is 12.5. The van der Waals surface area contributed by atoms with Crippen molar-refractivity contribution in [2.24, 2.45) is 4.99 Å². The van der Waals surface area contributed by atoms with Gasteiger partial charge in [0.2, 0.25) is 5.91 Å². The Bertz CT molecular complexity index is 820. The van der Waals surface area contributed by atoms with Gasteiger partial charge < -0.3 is 15.1 Å². The minimum absolute atomic E-state index is 0.0684. The zero-order valence-electron chi connectivity index (χ0n) is 17.7. The molecule has 7 nitrogen and oxygen atoms in total. The number of amidine groups is 1. The zero-order chi connectivity index (χ0) is 21.5. The topological polar surface area (TPSA) is 82.1 Å². The van der Waals surface area contributed by atoms with Crippen LogP contribution < -0.4 is 5.32 Å². The first-order valence-corrected chi connectivity index (χ1v) is 11.6. The number of hydrogen-bond donors (Lipinski definition) is 1. The number of aliphatic imine (C=N–C) groups is 1. The minimum atomic E-state index is -0.480. The summed E-state index contributed by atoms with van der Waals surface area (Å²) in [6, 6.07) is 6.93. The van der Waals surface area contributed by atoms with Gasteiger partial charge in [0.25, 0.3) is 11.8 Å². The molecule has 3 amide bonds. The predicted molar refractivity (Wildman–Crippen MR) is 121 cm³/mol. The Labute approximate surface area is 182 Å². The molecule has 0 radical (unpaired) electrons. The Morgan fingerprint density at radius 1 is 1.27 bits per heavy atom. The highest BCUT2D eigenvalue weighted by atomic mass is 32.2. The average molecular weight is 431 g/mol. The number of carbonyl (C=O) groups is 3. The van der Waals surface area contributed by atoms with E-state index in [-0.39, 0.29) is 24.1 Å². The van der Waals surface area contributed by atoms with E-state index in [9.17, 15) is 14.4 Å². The summed E-state index contributed by atoms with van der Waals surface area (Å²) < 4.78 is 0. The summed E-state index contributed by atoms with van der Waals surface area (Å²) >= 11 is 1.39. The number of amides is 3. The van der Waals surface area contributed by atoms with Gasteiger partial charge in [-0.3, -0.25) is 14.4 Å². The van der Waals surface area contributed by atoms with Gasteiger partial charge in [0.1, 0.15) is 5.25 Å². The van der Waals surface area contributed by atoms with E-state index in [2.05, 4.69) is 22.1 Å². The van der Waals surface area contributed by atoms with Crippen molar-refractivity contribution in [3.63, 3.8) is 0 Å². The summed E-state index contributed by atoms with van der Waals surface area (Å²) in [6.07, 6.45) is 5.48. The van der Waals surface area contributed by atoms with Crippen LogP contribution in [0.3, 0.4) is 0 Å². The van der Waals surface area contributed by atoms with Crippen LogP contribution in [0.1, 0.15) is 55.8 Å². The van der Waals surface area contributed by atoms with Crippen LogP contribution in [-0.2, 0) is 9.59 Å². The molecule has 1 aromatic rings. The van der Waals surface area contributed by atoms with Crippen LogP contribution in [0.15, 0.2) is 29.3 Å². The number of thioether (sulfide) groups is 1. The van der Waals surface area contributed by atoms with Crippen molar-refractivity contribution < 1.29 is 14.4 Å². The molecule has 1 aromatic carbocycles. The zero-order valence-corrected chi connectivity index (χ0v) is 18.5. The van der Waals surface area contributed by atoms with Gasteiger partial charge in [-0.15, -0.1) is 0 Å². The van der Waals surface area contributed by atoms with Gasteiger partial charge in [-0.05, 0) is 43.9 Å². The van der Waals surface area contributed by atoms with Crippen molar-refractivity contribution in [1.82, 2.24) is 9.80 Å². The number of nitrogens with one attached hydrogen (secondary N) is 1. The molecular formula is C22H30N4O3S. The van der Waals surface area contributed by atoms with Crippen molar-refractivity contribution >= 4 is 40.3 Å². The first-order valence-electron chi connectivity index (χ1n) is 10.7. The Morgan fingerprint density at radius 3 is 2.77 bits per heavy atom. The molecule has 0 bridgehead atoms. The lowest BCUT2D eigenvalue weighted by molar-refractivity contribution is -0.121. The maximum Gasteiger partial charge on any atom is 0.262 e. The van der Waals surface area contributed by atoms with E-state index in [0.29, 0.717) is 17.8 Å². The van der Waals surface area contributed by atoms with Gasteiger partial charge in [-0.25, -0.2) is 0 Å². The van der Waals surface area contributed by atoms with Gasteiger partial charge in [-0.1, -0.05) is 31.2 Å². The third-order valence-electron chi connectivity index (χ3n) is 5.31. The quantitative estimate of drug-likeness (QED) is 0.717. The van der Waals surface area contributed by atoms with Crippen LogP contribution in [0, 0.1) is 0 Å². The van der Waals surface area contributed by atoms with Gasteiger partial charge in [0.15, 0.2) is 5.17 Å². The van der Waals surface area contributed by atoms with Crippen LogP contribution in [0.5, 0.6) is 0 Å². The standard InChI is InChI=1S/C22H30N4O3S/c1-3-4-11-25(2)21(29)16-9-8-10-17(14-16)23-19(27)15-18-20(28)24-22(30-18)26-12-6-5-7-13-26/h8-10,14,18H,3-7,11-13,15H2,1-2H3,(H,23,27)/t18-/m0/s1. The lowest BCUT2D eigenvalue weighted by Gasteiger charge is -2.27. The van der Waals surface area contributed by atoms with Crippen molar-refractivity contribution in [1.29, 1.82) is 0 Å². The number of rotatable bonds is 7. The van der Waals surface area contributed by atoms with Crippen molar-refractivity contribution in [2.75, 3.05) is 32.0 Å². The summed E-state index contributed by atoms with van der Waals surface area (Å²) in [4.78, 5) is 45.3. The number of anilines is 1. The summed E-state index contributed by atoms with van der Waals surface area (Å²) in [6.45, 7) is 4.63. The molecule has 30 heavy (non-hydrogen) atoms. The van der Waals surface area contributed by atoms with Gasteiger partial charge in [-0.2, -0.15) is 4.99 Å². The molecule has 0 unspecified atom stereocenters. The normalized spacial score (nSPS) is 18.9. The molecule has 3 rings (SSSR count). The van der Waals surface area contributed by atoms with Crippen LogP contribution in [-0.4, -0.2) is 64.6 Å². The van der Waals surface area contributed by atoms with Crippen LogP contribution in [0.25, 0.3) is 0 Å². The second kappa shape index (κ2) is 10.6. The molecule has 2 aliphatic rings. The molecule has 1 N–H and O–H groups in total. The average Bonchev–Trinajstić information content (AvgIpc) is 3.12. The second-order valence-electron chi connectivity index (χ2n) is 7.80. The lowest BCUT2D eigenvalue weighted by atomic mass is 10.1. The molecule has 0 spiro atoms. The number of carbonyl (C=O) groups excluding carboxylic acids is 3. The number of likely N-dealkylation sites (tertiary alicyclic amines) is 1. The summed E-state index contributed by atoms with van der Waals surface area (Å²) in [5.74, 6) is -0.558. The van der Waals surface area contributed by atoms with E-state index in [1.807, 2.05) is 0 Å².